The minimum atomic E-state index is -0.370. The molecule has 0 radical (unpaired) electrons. The Balaban J connectivity index is 2.15. The van der Waals surface area contributed by atoms with E-state index in [-0.39, 0.29) is 5.97 Å². The Labute approximate surface area is 124 Å². The molecule has 0 bridgehead atoms. The number of hydrogen-bond donors (Lipinski definition) is 2. The third-order valence-electron chi connectivity index (χ3n) is 3.30. The molecule has 2 rings (SSSR count). The first-order valence-corrected chi connectivity index (χ1v) is 7.38. The van der Waals surface area contributed by atoms with E-state index >= 15 is 0 Å². The molecule has 0 amide bonds. The van der Waals surface area contributed by atoms with Crippen molar-refractivity contribution < 1.29 is 9.53 Å². The number of nitrogens with zero attached hydrogens (tertiary/aromatic N) is 1. The van der Waals surface area contributed by atoms with E-state index in [0.717, 1.165) is 32.4 Å². The quantitative estimate of drug-likeness (QED) is 0.660. The maximum Gasteiger partial charge on any atom is 0.341 e. The molecule has 2 heterocycles. The van der Waals surface area contributed by atoms with E-state index in [1.165, 1.54) is 6.20 Å². The highest BCUT2D eigenvalue weighted by Gasteiger charge is 2.18. The second kappa shape index (κ2) is 7.45. The summed E-state index contributed by atoms with van der Waals surface area (Å²) in [7, 11) is 0. The lowest BCUT2D eigenvalue weighted by atomic mass is 10.1. The van der Waals surface area contributed by atoms with Crippen molar-refractivity contribution in [3.8, 4) is 0 Å². The van der Waals surface area contributed by atoms with Crippen LogP contribution in [0.3, 0.4) is 0 Å². The van der Waals surface area contributed by atoms with Gasteiger partial charge in [0.2, 0.25) is 0 Å². The summed E-state index contributed by atoms with van der Waals surface area (Å²) in [6, 6.07) is 2.02. The zero-order valence-corrected chi connectivity index (χ0v) is 12.4. The Kier molecular flexibility index (Phi) is 5.61. The number of hydrogen-bond acceptors (Lipinski definition) is 5. The van der Waals surface area contributed by atoms with Crippen LogP contribution in [0.4, 0.5) is 5.69 Å². The van der Waals surface area contributed by atoms with Crippen LogP contribution in [-0.2, 0) is 4.74 Å². The largest absolute Gasteiger partial charge is 0.462 e. The van der Waals surface area contributed by atoms with Gasteiger partial charge < -0.3 is 15.4 Å². The van der Waals surface area contributed by atoms with Crippen LogP contribution >= 0.6 is 11.6 Å². The van der Waals surface area contributed by atoms with E-state index in [9.17, 15) is 4.79 Å². The van der Waals surface area contributed by atoms with Gasteiger partial charge in [0.1, 0.15) is 10.7 Å². The highest BCUT2D eigenvalue weighted by molar-refractivity contribution is 6.29. The first-order valence-electron chi connectivity index (χ1n) is 7.00. The molecule has 1 aromatic rings. The first-order chi connectivity index (χ1) is 9.70. The van der Waals surface area contributed by atoms with Gasteiger partial charge in [-0.3, -0.25) is 0 Å². The van der Waals surface area contributed by atoms with E-state index in [0.29, 0.717) is 29.1 Å². The average Bonchev–Trinajstić information content (AvgIpc) is 2.68. The van der Waals surface area contributed by atoms with Gasteiger partial charge in [0, 0.05) is 12.2 Å². The summed E-state index contributed by atoms with van der Waals surface area (Å²) in [6.45, 7) is 4.14. The number of nitrogens with one attached hydrogen (secondary N) is 2. The predicted molar refractivity (Wildman–Crippen MR) is 79.3 cm³/mol. The molecule has 1 aromatic heterocycles. The number of carbonyl (C=O) groups excluding carboxylic acids is 1. The van der Waals surface area contributed by atoms with Gasteiger partial charge in [-0.05, 0) is 45.3 Å². The van der Waals surface area contributed by atoms with Crippen molar-refractivity contribution in [2.45, 2.75) is 32.2 Å². The molecule has 1 aliphatic rings. The SMILES string of the molecule is CCOC(=O)c1cnc(Cl)cc1N[C@H]1CCCNCC1. The Hall–Kier alpha value is -1.33. The number of anilines is 1. The molecule has 20 heavy (non-hydrogen) atoms. The molecule has 0 unspecified atom stereocenters. The summed E-state index contributed by atoms with van der Waals surface area (Å²) >= 11 is 5.93. The van der Waals surface area contributed by atoms with Crippen LogP contribution in [0.25, 0.3) is 0 Å². The Morgan fingerprint density at radius 3 is 3.20 bits per heavy atom. The highest BCUT2D eigenvalue weighted by Crippen LogP contribution is 2.22. The molecule has 0 aromatic carbocycles. The van der Waals surface area contributed by atoms with Gasteiger partial charge in [0.15, 0.2) is 0 Å². The van der Waals surface area contributed by atoms with Crippen molar-refractivity contribution in [1.82, 2.24) is 10.3 Å². The predicted octanol–water partition coefficient (Wildman–Crippen LogP) is 2.47. The normalized spacial score (nSPS) is 19.2. The van der Waals surface area contributed by atoms with Crippen LogP contribution in [0.2, 0.25) is 5.15 Å². The summed E-state index contributed by atoms with van der Waals surface area (Å²) in [5.74, 6) is -0.370. The molecular weight excluding hydrogens is 278 g/mol. The zero-order valence-electron chi connectivity index (χ0n) is 11.6. The molecular formula is C14H20ClN3O2. The van der Waals surface area contributed by atoms with Crippen LogP contribution < -0.4 is 10.6 Å². The Bertz CT molecular complexity index is 460. The van der Waals surface area contributed by atoms with Crippen LogP contribution in [-0.4, -0.2) is 36.7 Å². The maximum atomic E-state index is 11.9. The molecule has 1 fully saturated rings. The van der Waals surface area contributed by atoms with Gasteiger partial charge in [-0.1, -0.05) is 11.6 Å². The van der Waals surface area contributed by atoms with E-state index in [1.54, 1.807) is 13.0 Å². The van der Waals surface area contributed by atoms with Gasteiger partial charge in [-0.25, -0.2) is 9.78 Å². The average molecular weight is 298 g/mol. The molecule has 1 saturated heterocycles. The number of esters is 1. The second-order valence-corrected chi connectivity index (χ2v) is 5.18. The lowest BCUT2D eigenvalue weighted by molar-refractivity contribution is 0.0527. The van der Waals surface area contributed by atoms with Crippen molar-refractivity contribution in [2.24, 2.45) is 0 Å². The molecule has 5 nitrogen and oxygen atoms in total. The van der Waals surface area contributed by atoms with E-state index in [2.05, 4.69) is 15.6 Å². The van der Waals surface area contributed by atoms with Crippen LogP contribution in [0.5, 0.6) is 0 Å². The Morgan fingerprint density at radius 1 is 1.55 bits per heavy atom. The first kappa shape index (κ1) is 15.1. The number of ether oxygens (including phenoxy) is 1. The molecule has 0 aliphatic carbocycles. The molecule has 110 valence electrons. The fourth-order valence-corrected chi connectivity index (χ4v) is 2.46. The summed E-state index contributed by atoms with van der Waals surface area (Å²) in [4.78, 5) is 15.9. The van der Waals surface area contributed by atoms with E-state index in [4.69, 9.17) is 16.3 Å². The van der Waals surface area contributed by atoms with Crippen molar-refractivity contribution >= 4 is 23.3 Å². The van der Waals surface area contributed by atoms with Crippen molar-refractivity contribution in [3.63, 3.8) is 0 Å². The lowest BCUT2D eigenvalue weighted by Gasteiger charge is -2.19. The van der Waals surface area contributed by atoms with Gasteiger partial charge in [-0.2, -0.15) is 0 Å². The minimum Gasteiger partial charge on any atom is -0.462 e. The van der Waals surface area contributed by atoms with Gasteiger partial charge >= 0.3 is 5.97 Å². The van der Waals surface area contributed by atoms with Crippen molar-refractivity contribution in [1.29, 1.82) is 0 Å². The number of aromatic nitrogens is 1. The molecule has 1 aliphatic heterocycles. The number of halogens is 1. The summed E-state index contributed by atoms with van der Waals surface area (Å²) in [5, 5.41) is 7.13. The standard InChI is InChI=1S/C14H20ClN3O2/c1-2-20-14(19)11-9-17-13(15)8-12(11)18-10-4-3-6-16-7-5-10/h8-10,16H,2-7H2,1H3,(H,17,18)/t10-/m0/s1. The van der Waals surface area contributed by atoms with Gasteiger partial charge in [0.25, 0.3) is 0 Å². The summed E-state index contributed by atoms with van der Waals surface area (Å²) in [6.07, 6.45) is 4.67. The number of rotatable bonds is 4. The van der Waals surface area contributed by atoms with Crippen molar-refractivity contribution in [2.75, 3.05) is 25.0 Å². The summed E-state index contributed by atoms with van der Waals surface area (Å²) in [5.41, 5.74) is 1.14. The molecule has 2 N–H and O–H groups in total. The summed E-state index contributed by atoms with van der Waals surface area (Å²) < 4.78 is 5.05. The molecule has 1 atom stereocenters. The topological polar surface area (TPSA) is 63.2 Å². The number of pyridine rings is 1. The van der Waals surface area contributed by atoms with Gasteiger partial charge in [0.05, 0.1) is 12.3 Å². The fraction of sp³-hybridized carbons (Fsp3) is 0.571. The van der Waals surface area contributed by atoms with Crippen LogP contribution in [0.15, 0.2) is 12.3 Å². The smallest absolute Gasteiger partial charge is 0.341 e. The van der Waals surface area contributed by atoms with Crippen molar-refractivity contribution in [3.05, 3.63) is 23.0 Å². The third kappa shape index (κ3) is 4.08. The van der Waals surface area contributed by atoms with Gasteiger partial charge in [-0.15, -0.1) is 0 Å². The lowest BCUT2D eigenvalue weighted by Crippen LogP contribution is -2.23. The van der Waals surface area contributed by atoms with E-state index < -0.39 is 0 Å². The number of carbonyl (C=O) groups is 1. The molecule has 6 heteroatoms. The highest BCUT2D eigenvalue weighted by atomic mass is 35.5. The monoisotopic (exact) mass is 297 g/mol. The second-order valence-electron chi connectivity index (χ2n) is 4.80. The maximum absolute atomic E-state index is 11.9. The molecule has 0 saturated carbocycles. The fourth-order valence-electron chi connectivity index (χ4n) is 2.30. The zero-order chi connectivity index (χ0) is 14.4. The Morgan fingerprint density at radius 2 is 2.40 bits per heavy atom. The third-order valence-corrected chi connectivity index (χ3v) is 3.51. The van der Waals surface area contributed by atoms with Crippen LogP contribution in [0, 0.1) is 0 Å². The van der Waals surface area contributed by atoms with E-state index in [1.807, 2.05) is 0 Å². The van der Waals surface area contributed by atoms with Crippen LogP contribution in [0.1, 0.15) is 36.5 Å². The minimum absolute atomic E-state index is 0.330. The molecule has 0 spiro atoms.